The molecule has 1 heterocycles. The van der Waals surface area contributed by atoms with Crippen molar-refractivity contribution in [1.82, 2.24) is 0 Å². The van der Waals surface area contributed by atoms with Gasteiger partial charge in [0.2, 0.25) is 0 Å². The number of morpholine rings is 1. The molecule has 0 unspecified atom stereocenters. The van der Waals surface area contributed by atoms with E-state index in [4.69, 9.17) is 9.16 Å². The highest BCUT2D eigenvalue weighted by atomic mass is 28.4. The average molecular weight is 496 g/mol. The lowest BCUT2D eigenvalue weighted by molar-refractivity contribution is -0.00543. The third kappa shape index (κ3) is 5.06. The molecule has 3 aromatic carbocycles. The molecule has 1 saturated heterocycles. The molecule has 0 radical (unpaired) electrons. The average Bonchev–Trinajstić information content (AvgIpc) is 2.82. The van der Waals surface area contributed by atoms with Crippen molar-refractivity contribution in [3.8, 4) is 0 Å². The number of halogens is 2. The number of benzene rings is 3. The molecule has 0 N–H and O–H groups in total. The van der Waals surface area contributed by atoms with Gasteiger partial charge >= 0.3 is 0 Å². The second-order valence-corrected chi connectivity index (χ2v) is 14.8. The Bertz CT molecular complexity index is 1090. The van der Waals surface area contributed by atoms with E-state index in [1.807, 2.05) is 55.1 Å². The van der Waals surface area contributed by atoms with Gasteiger partial charge in [-0.15, -0.1) is 0 Å². The number of hydrogen-bond donors (Lipinski definition) is 0. The van der Waals surface area contributed by atoms with Crippen LogP contribution in [0.1, 0.15) is 40.2 Å². The minimum Gasteiger partial charge on any atom is -0.403 e. The molecule has 4 rings (SSSR count). The molecule has 0 spiro atoms. The molecule has 35 heavy (non-hydrogen) atoms. The molecular formula is C29H35F2NO2Si. The Labute approximate surface area is 208 Å². The zero-order valence-electron chi connectivity index (χ0n) is 21.2. The van der Waals surface area contributed by atoms with Gasteiger partial charge < -0.3 is 14.1 Å². The van der Waals surface area contributed by atoms with Crippen LogP contribution in [0.5, 0.6) is 0 Å². The van der Waals surface area contributed by atoms with Crippen molar-refractivity contribution < 1.29 is 17.9 Å². The summed E-state index contributed by atoms with van der Waals surface area (Å²) in [6.07, 6.45) is -0.0845. The van der Waals surface area contributed by atoms with Crippen LogP contribution in [0.3, 0.4) is 0 Å². The molecule has 0 aliphatic carbocycles. The topological polar surface area (TPSA) is 21.7 Å². The first kappa shape index (κ1) is 25.5. The molecule has 186 valence electrons. The summed E-state index contributed by atoms with van der Waals surface area (Å²) in [5.74, 6) is -1.66. The van der Waals surface area contributed by atoms with Crippen molar-refractivity contribution in [2.24, 2.45) is 0 Å². The summed E-state index contributed by atoms with van der Waals surface area (Å²) in [6.45, 7) is 11.4. The molecule has 0 saturated carbocycles. The van der Waals surface area contributed by atoms with Crippen LogP contribution in [0.25, 0.3) is 0 Å². The van der Waals surface area contributed by atoms with Crippen LogP contribution in [-0.4, -0.2) is 33.6 Å². The van der Waals surface area contributed by atoms with Crippen LogP contribution in [0.2, 0.25) is 5.04 Å². The molecular weight excluding hydrogens is 460 g/mol. The molecule has 3 aromatic rings. The van der Waals surface area contributed by atoms with Gasteiger partial charge in [-0.1, -0.05) is 87.5 Å². The van der Waals surface area contributed by atoms with Gasteiger partial charge in [-0.05, 0) is 35.3 Å². The Morgan fingerprint density at radius 2 is 1.34 bits per heavy atom. The van der Waals surface area contributed by atoms with Crippen molar-refractivity contribution in [3.63, 3.8) is 0 Å². The molecule has 1 aliphatic rings. The van der Waals surface area contributed by atoms with E-state index in [-0.39, 0.29) is 35.1 Å². The third-order valence-electron chi connectivity index (χ3n) is 6.76. The number of nitrogens with zero attached hydrogens (tertiary/aromatic N) is 1. The van der Waals surface area contributed by atoms with E-state index in [1.165, 1.54) is 0 Å². The van der Waals surface area contributed by atoms with E-state index in [2.05, 4.69) is 45.0 Å². The molecule has 0 bridgehead atoms. The van der Waals surface area contributed by atoms with Gasteiger partial charge in [0.1, 0.15) is 0 Å². The third-order valence-corrected chi connectivity index (χ3v) is 11.7. The van der Waals surface area contributed by atoms with Crippen LogP contribution in [0.15, 0.2) is 72.8 Å². The molecule has 6 heteroatoms. The first-order valence-corrected chi connectivity index (χ1v) is 14.2. The van der Waals surface area contributed by atoms with E-state index in [1.54, 1.807) is 12.1 Å². The Morgan fingerprint density at radius 1 is 0.829 bits per heavy atom. The maximum Gasteiger partial charge on any atom is 0.261 e. The summed E-state index contributed by atoms with van der Waals surface area (Å²) in [4.78, 5) is 1.87. The molecule has 1 fully saturated rings. The Hall–Kier alpha value is -2.54. The first-order valence-electron chi connectivity index (χ1n) is 12.3. The fraction of sp³-hybridized carbons (Fsp3) is 0.379. The van der Waals surface area contributed by atoms with Gasteiger partial charge in [0, 0.05) is 18.7 Å². The molecule has 1 aliphatic heterocycles. The summed E-state index contributed by atoms with van der Waals surface area (Å²) in [6, 6.07) is 23.7. The highest BCUT2D eigenvalue weighted by molar-refractivity contribution is 6.99. The lowest BCUT2D eigenvalue weighted by atomic mass is 10.1. The van der Waals surface area contributed by atoms with Gasteiger partial charge in [0.05, 0.1) is 24.5 Å². The number of rotatable bonds is 6. The van der Waals surface area contributed by atoms with Crippen molar-refractivity contribution in [2.75, 3.05) is 18.0 Å². The van der Waals surface area contributed by atoms with Gasteiger partial charge in [-0.2, -0.15) is 0 Å². The number of ether oxygens (including phenoxy) is 1. The van der Waals surface area contributed by atoms with Gasteiger partial charge in [0.25, 0.3) is 8.32 Å². The van der Waals surface area contributed by atoms with E-state index in [9.17, 15) is 0 Å². The molecule has 3 nitrogen and oxygen atoms in total. The zero-order chi connectivity index (χ0) is 25.2. The minimum atomic E-state index is -2.85. The predicted octanol–water partition coefficient (Wildman–Crippen LogP) is 5.66. The maximum atomic E-state index is 15.4. The van der Waals surface area contributed by atoms with E-state index in [0.29, 0.717) is 13.1 Å². The van der Waals surface area contributed by atoms with Gasteiger partial charge in [-0.3, -0.25) is 0 Å². The van der Waals surface area contributed by atoms with Crippen LogP contribution in [0.4, 0.5) is 14.5 Å². The lowest BCUT2D eigenvalue weighted by Crippen LogP contribution is -2.66. The van der Waals surface area contributed by atoms with E-state index in [0.717, 1.165) is 10.4 Å². The molecule has 2 atom stereocenters. The van der Waals surface area contributed by atoms with Crippen molar-refractivity contribution in [2.45, 2.75) is 58.5 Å². The van der Waals surface area contributed by atoms with E-state index >= 15 is 8.78 Å². The Morgan fingerprint density at radius 3 is 1.83 bits per heavy atom. The predicted molar refractivity (Wildman–Crippen MR) is 141 cm³/mol. The highest BCUT2D eigenvalue weighted by Crippen LogP contribution is 2.38. The van der Waals surface area contributed by atoms with Crippen LogP contribution in [0, 0.1) is 11.6 Å². The van der Waals surface area contributed by atoms with Crippen molar-refractivity contribution in [1.29, 1.82) is 0 Å². The van der Waals surface area contributed by atoms with Gasteiger partial charge in [0.15, 0.2) is 11.6 Å². The molecule has 0 aromatic heterocycles. The van der Waals surface area contributed by atoms with Crippen LogP contribution in [-0.2, 0) is 15.8 Å². The quantitative estimate of drug-likeness (QED) is 0.412. The SMILES string of the molecule is C[C@@H]1CN(c2ccc(CO[Si](c3ccccc3)(c3ccccc3)C(C)(C)C)c(F)c2F)C[C@H](C)O1. The summed E-state index contributed by atoms with van der Waals surface area (Å²) < 4.78 is 43.2. The second kappa shape index (κ2) is 10.2. The normalized spacial score (nSPS) is 19.1. The largest absolute Gasteiger partial charge is 0.403 e. The van der Waals surface area contributed by atoms with Crippen LogP contribution < -0.4 is 15.3 Å². The standard InChI is InChI=1S/C29H35F2NO2Si/c1-21-18-32(19-22(2)34-21)26-17-16-23(27(30)28(26)31)20-33-35(29(3,4)5,24-12-8-6-9-13-24)25-14-10-7-11-15-25/h6-17,21-22H,18-20H2,1-5H3/t21-,22+. The maximum absolute atomic E-state index is 15.4. The van der Waals surface area contributed by atoms with Crippen molar-refractivity contribution in [3.05, 3.63) is 90.0 Å². The van der Waals surface area contributed by atoms with Crippen molar-refractivity contribution >= 4 is 24.4 Å². The lowest BCUT2D eigenvalue weighted by Gasteiger charge is -2.43. The molecule has 0 amide bonds. The smallest absolute Gasteiger partial charge is 0.261 e. The number of anilines is 1. The first-order chi connectivity index (χ1) is 16.6. The summed E-state index contributed by atoms with van der Waals surface area (Å²) in [5.41, 5.74) is 0.507. The fourth-order valence-electron chi connectivity index (χ4n) is 5.26. The Kier molecular flexibility index (Phi) is 7.45. The minimum absolute atomic E-state index is 0.00771. The fourth-order valence-corrected chi connectivity index (χ4v) is 9.78. The van der Waals surface area contributed by atoms with E-state index < -0.39 is 20.0 Å². The highest BCUT2D eigenvalue weighted by Gasteiger charge is 2.50. The number of hydrogen-bond acceptors (Lipinski definition) is 3. The summed E-state index contributed by atoms with van der Waals surface area (Å²) in [5, 5.41) is 1.96. The zero-order valence-corrected chi connectivity index (χ0v) is 22.2. The summed E-state index contributed by atoms with van der Waals surface area (Å²) >= 11 is 0. The Balaban J connectivity index is 1.70. The monoisotopic (exact) mass is 495 g/mol. The van der Waals surface area contributed by atoms with Crippen LogP contribution >= 0.6 is 0 Å². The van der Waals surface area contributed by atoms with Gasteiger partial charge in [-0.25, -0.2) is 8.78 Å². The second-order valence-electron chi connectivity index (χ2n) is 10.5. The summed E-state index contributed by atoms with van der Waals surface area (Å²) in [7, 11) is -2.85.